The predicted molar refractivity (Wildman–Crippen MR) is 91.9 cm³/mol. The lowest BCUT2D eigenvalue weighted by Crippen LogP contribution is -2.18. The number of benzene rings is 2. The second-order valence-corrected chi connectivity index (χ2v) is 6.33. The third kappa shape index (κ3) is 4.87. The van der Waals surface area contributed by atoms with Gasteiger partial charge in [0.15, 0.2) is 0 Å². The van der Waals surface area contributed by atoms with Gasteiger partial charge in [-0.05, 0) is 62.7 Å². The van der Waals surface area contributed by atoms with Crippen LogP contribution in [0.4, 0.5) is 0 Å². The Kier molecular flexibility index (Phi) is 5.83. The first-order valence-electron chi connectivity index (χ1n) is 7.27. The summed E-state index contributed by atoms with van der Waals surface area (Å²) in [6.07, 6.45) is 1.16. The van der Waals surface area contributed by atoms with E-state index in [0.29, 0.717) is 6.04 Å². The Morgan fingerprint density at radius 3 is 2.38 bits per heavy atom. The zero-order valence-corrected chi connectivity index (χ0v) is 14.4. The van der Waals surface area contributed by atoms with Gasteiger partial charge in [0.1, 0.15) is 5.75 Å². The van der Waals surface area contributed by atoms with Crippen molar-refractivity contribution in [3.63, 3.8) is 0 Å². The molecule has 0 amide bonds. The zero-order chi connectivity index (χ0) is 15.2. The second-order valence-electron chi connectivity index (χ2n) is 5.41. The molecule has 0 saturated heterocycles. The minimum absolute atomic E-state index is 0.206. The summed E-state index contributed by atoms with van der Waals surface area (Å²) in [5, 5.41) is 3.39. The fourth-order valence-corrected chi connectivity index (χ4v) is 2.78. The van der Waals surface area contributed by atoms with Crippen molar-refractivity contribution < 1.29 is 4.74 Å². The lowest BCUT2D eigenvalue weighted by atomic mass is 9.99. The molecule has 21 heavy (non-hydrogen) atoms. The van der Waals surface area contributed by atoms with E-state index in [0.717, 1.165) is 16.6 Å². The van der Waals surface area contributed by atoms with E-state index in [-0.39, 0.29) is 6.10 Å². The van der Waals surface area contributed by atoms with Crippen LogP contribution in [0.2, 0.25) is 0 Å². The van der Waals surface area contributed by atoms with Crippen LogP contribution in [0, 0.1) is 0 Å². The summed E-state index contributed by atoms with van der Waals surface area (Å²) in [5.74, 6) is 0.922. The van der Waals surface area contributed by atoms with Crippen molar-refractivity contribution in [1.29, 1.82) is 0 Å². The highest BCUT2D eigenvalue weighted by Crippen LogP contribution is 2.23. The molecule has 0 aliphatic carbocycles. The Bertz CT molecular complexity index is 566. The molecule has 0 aliphatic heterocycles. The average molecular weight is 348 g/mol. The molecule has 3 heteroatoms. The summed E-state index contributed by atoms with van der Waals surface area (Å²) in [6.45, 7) is 4.08. The molecule has 0 aliphatic rings. The van der Waals surface area contributed by atoms with E-state index in [1.54, 1.807) is 0 Å². The summed E-state index contributed by atoms with van der Waals surface area (Å²) in [5.41, 5.74) is 2.58. The van der Waals surface area contributed by atoms with Gasteiger partial charge in [-0.15, -0.1) is 0 Å². The third-order valence-corrected chi connectivity index (χ3v) is 3.82. The van der Waals surface area contributed by atoms with Gasteiger partial charge in [-0.25, -0.2) is 0 Å². The molecule has 2 rings (SSSR count). The van der Waals surface area contributed by atoms with Crippen LogP contribution in [0.15, 0.2) is 53.0 Å². The highest BCUT2D eigenvalue weighted by Gasteiger charge is 2.10. The summed E-state index contributed by atoms with van der Waals surface area (Å²) in [6, 6.07) is 17.1. The smallest absolute Gasteiger partial charge is 0.119 e. The van der Waals surface area contributed by atoms with Gasteiger partial charge < -0.3 is 10.1 Å². The van der Waals surface area contributed by atoms with Crippen molar-refractivity contribution >= 4 is 15.9 Å². The standard InChI is InChI=1S/C18H22BrNO/c1-13(2)21-17-9-7-15(8-10-17)18(20-3)12-14-5-4-6-16(19)11-14/h4-11,13,18,20H,12H2,1-3H3. The maximum Gasteiger partial charge on any atom is 0.119 e. The predicted octanol–water partition coefficient (Wildman–Crippen LogP) is 4.74. The topological polar surface area (TPSA) is 21.3 Å². The van der Waals surface area contributed by atoms with Gasteiger partial charge >= 0.3 is 0 Å². The van der Waals surface area contributed by atoms with Gasteiger partial charge in [-0.3, -0.25) is 0 Å². The van der Waals surface area contributed by atoms with Crippen LogP contribution in [0.25, 0.3) is 0 Å². The summed E-state index contributed by atoms with van der Waals surface area (Å²) >= 11 is 3.53. The molecule has 0 heterocycles. The molecule has 1 N–H and O–H groups in total. The van der Waals surface area contributed by atoms with Gasteiger partial charge in [0.25, 0.3) is 0 Å². The number of ether oxygens (including phenoxy) is 1. The summed E-state index contributed by atoms with van der Waals surface area (Å²) in [4.78, 5) is 0. The molecule has 0 spiro atoms. The molecule has 1 atom stereocenters. The fraction of sp³-hybridized carbons (Fsp3) is 0.333. The van der Waals surface area contributed by atoms with Crippen molar-refractivity contribution in [2.75, 3.05) is 7.05 Å². The van der Waals surface area contributed by atoms with Gasteiger partial charge in [-0.1, -0.05) is 40.2 Å². The molecular weight excluding hydrogens is 326 g/mol. The van der Waals surface area contributed by atoms with Gasteiger partial charge in [0.05, 0.1) is 6.10 Å². The highest BCUT2D eigenvalue weighted by molar-refractivity contribution is 9.10. The number of nitrogens with one attached hydrogen (secondary N) is 1. The van der Waals surface area contributed by atoms with E-state index in [1.165, 1.54) is 11.1 Å². The molecule has 0 bridgehead atoms. The maximum absolute atomic E-state index is 5.69. The van der Waals surface area contributed by atoms with Crippen LogP contribution in [0.3, 0.4) is 0 Å². The van der Waals surface area contributed by atoms with E-state index >= 15 is 0 Å². The van der Waals surface area contributed by atoms with E-state index in [9.17, 15) is 0 Å². The van der Waals surface area contributed by atoms with Crippen LogP contribution < -0.4 is 10.1 Å². The molecule has 0 fully saturated rings. The number of hydrogen-bond acceptors (Lipinski definition) is 2. The zero-order valence-electron chi connectivity index (χ0n) is 12.8. The summed E-state index contributed by atoms with van der Waals surface area (Å²) < 4.78 is 6.81. The maximum atomic E-state index is 5.69. The van der Waals surface area contributed by atoms with Gasteiger partial charge in [0, 0.05) is 10.5 Å². The minimum atomic E-state index is 0.206. The Morgan fingerprint density at radius 2 is 1.81 bits per heavy atom. The van der Waals surface area contributed by atoms with Crippen LogP contribution >= 0.6 is 15.9 Å². The Labute approximate surface area is 135 Å². The quantitative estimate of drug-likeness (QED) is 0.814. The lowest BCUT2D eigenvalue weighted by molar-refractivity contribution is 0.242. The first kappa shape index (κ1) is 16.1. The van der Waals surface area contributed by atoms with Crippen LogP contribution in [0.1, 0.15) is 31.0 Å². The molecule has 1 unspecified atom stereocenters. The SMILES string of the molecule is CNC(Cc1cccc(Br)c1)c1ccc(OC(C)C)cc1. The number of hydrogen-bond donors (Lipinski definition) is 1. The first-order chi connectivity index (χ1) is 10.1. The largest absolute Gasteiger partial charge is 0.491 e. The van der Waals surface area contributed by atoms with Crippen molar-refractivity contribution in [2.45, 2.75) is 32.4 Å². The first-order valence-corrected chi connectivity index (χ1v) is 8.06. The monoisotopic (exact) mass is 347 g/mol. The average Bonchev–Trinajstić information content (AvgIpc) is 2.45. The van der Waals surface area contributed by atoms with E-state index in [4.69, 9.17) is 4.74 Å². The van der Waals surface area contributed by atoms with E-state index < -0.39 is 0 Å². The second kappa shape index (κ2) is 7.62. The Hall–Kier alpha value is -1.32. The molecule has 2 aromatic rings. The molecule has 2 aromatic carbocycles. The van der Waals surface area contributed by atoms with Gasteiger partial charge in [-0.2, -0.15) is 0 Å². The molecular formula is C18H22BrNO. The highest BCUT2D eigenvalue weighted by atomic mass is 79.9. The van der Waals surface area contributed by atoms with E-state index in [2.05, 4.69) is 57.6 Å². The van der Waals surface area contributed by atoms with Gasteiger partial charge in [0.2, 0.25) is 0 Å². The number of halogens is 1. The minimum Gasteiger partial charge on any atom is -0.491 e. The Morgan fingerprint density at radius 1 is 1.10 bits per heavy atom. The van der Waals surface area contributed by atoms with Crippen molar-refractivity contribution in [1.82, 2.24) is 5.32 Å². The molecule has 0 radical (unpaired) electrons. The van der Waals surface area contributed by atoms with Crippen LogP contribution in [0.5, 0.6) is 5.75 Å². The molecule has 0 aromatic heterocycles. The lowest BCUT2D eigenvalue weighted by Gasteiger charge is -2.18. The third-order valence-electron chi connectivity index (χ3n) is 3.33. The van der Waals surface area contributed by atoms with Crippen LogP contribution in [-0.4, -0.2) is 13.2 Å². The van der Waals surface area contributed by atoms with Crippen molar-refractivity contribution in [3.05, 3.63) is 64.1 Å². The fourth-order valence-electron chi connectivity index (χ4n) is 2.34. The molecule has 112 valence electrons. The normalized spacial score (nSPS) is 12.4. The molecule has 2 nitrogen and oxygen atoms in total. The van der Waals surface area contributed by atoms with Crippen LogP contribution in [-0.2, 0) is 6.42 Å². The molecule has 0 saturated carbocycles. The number of rotatable bonds is 6. The van der Waals surface area contributed by atoms with Crippen molar-refractivity contribution in [2.24, 2.45) is 0 Å². The number of likely N-dealkylation sites (N-methyl/N-ethyl adjacent to an activating group) is 1. The summed E-state index contributed by atoms with van der Waals surface area (Å²) in [7, 11) is 2.00. The Balaban J connectivity index is 2.10. The van der Waals surface area contributed by atoms with E-state index in [1.807, 2.05) is 33.0 Å². The van der Waals surface area contributed by atoms with Crippen molar-refractivity contribution in [3.8, 4) is 5.75 Å².